The Morgan fingerprint density at radius 3 is 1.57 bits per heavy atom. The van der Waals surface area contributed by atoms with Gasteiger partial charge in [-0.05, 0) is 62.7 Å². The largest absolute Gasteiger partial charge is 0.478 e. The van der Waals surface area contributed by atoms with Crippen LogP contribution in [-0.2, 0) is 33.7 Å². The summed E-state index contributed by atoms with van der Waals surface area (Å²) < 4.78 is 81.6. The summed E-state index contributed by atoms with van der Waals surface area (Å²) in [6.07, 6.45) is 3.55. The van der Waals surface area contributed by atoms with E-state index < -0.39 is 41.0 Å². The molecule has 0 fully saturated rings. The quantitative estimate of drug-likeness (QED) is 0.234. The van der Waals surface area contributed by atoms with E-state index in [4.69, 9.17) is 15.6 Å². The maximum absolute atomic E-state index is 13.1. The van der Waals surface area contributed by atoms with Crippen molar-refractivity contribution < 1.29 is 45.8 Å². The van der Waals surface area contributed by atoms with Crippen molar-refractivity contribution in [2.24, 2.45) is 0 Å². The summed E-state index contributed by atoms with van der Waals surface area (Å²) in [7, 11) is 0. The van der Waals surface area contributed by atoms with Gasteiger partial charge in [0.1, 0.15) is 22.7 Å². The second-order valence-electron chi connectivity index (χ2n) is 10.2. The molecule has 14 heteroatoms. The molecule has 0 saturated heterocycles. The number of hydrogen-bond donors (Lipinski definition) is 2. The van der Waals surface area contributed by atoms with E-state index in [1.807, 2.05) is 0 Å². The van der Waals surface area contributed by atoms with E-state index in [1.165, 1.54) is 36.7 Å². The van der Waals surface area contributed by atoms with Crippen LogP contribution in [0.5, 0.6) is 0 Å². The molecule has 0 unspecified atom stereocenters. The van der Waals surface area contributed by atoms with Gasteiger partial charge in [0.05, 0.1) is 12.0 Å². The van der Waals surface area contributed by atoms with Crippen molar-refractivity contribution in [1.29, 1.82) is 0 Å². The number of alkyl halides is 6. The first-order chi connectivity index (χ1) is 19.0. The molecule has 8 nitrogen and oxygen atoms in total. The number of halogens is 6. The molecule has 0 radical (unpaired) electrons. The highest BCUT2D eigenvalue weighted by Crippen LogP contribution is 2.27. The normalized spacial score (nSPS) is 11.8. The third-order valence-corrected chi connectivity index (χ3v) is 4.73. The van der Waals surface area contributed by atoms with Gasteiger partial charge >= 0.3 is 11.9 Å². The monoisotopic (exact) mass is 602 g/mol. The Balaban J connectivity index is 0.000000326. The predicted octanol–water partition coefficient (Wildman–Crippen LogP) is 6.74. The number of anilines is 1. The fourth-order valence-electron chi connectivity index (χ4n) is 2.86. The van der Waals surface area contributed by atoms with Crippen molar-refractivity contribution in [2.75, 3.05) is 5.73 Å². The lowest BCUT2D eigenvalue weighted by Gasteiger charge is -2.19. The van der Waals surface area contributed by atoms with Crippen molar-refractivity contribution >= 4 is 17.6 Å². The number of nitrogen functional groups attached to an aromatic ring is 1. The smallest absolute Gasteiger partial charge is 0.335 e. The number of rotatable bonds is 6. The predicted molar refractivity (Wildman–Crippen MR) is 142 cm³/mol. The maximum Gasteiger partial charge on any atom is 0.335 e. The van der Waals surface area contributed by atoms with E-state index in [0.717, 1.165) is 32.2 Å². The van der Waals surface area contributed by atoms with Crippen LogP contribution in [-0.4, -0.2) is 37.6 Å². The first-order valence-electron chi connectivity index (χ1n) is 12.2. The highest BCUT2D eigenvalue weighted by atomic mass is 19.3. The number of carboxylic acid groups (broad SMARTS) is 1. The van der Waals surface area contributed by atoms with Crippen LogP contribution in [0.4, 0.5) is 32.0 Å². The molecule has 42 heavy (non-hydrogen) atoms. The highest BCUT2D eigenvalue weighted by Gasteiger charge is 2.28. The van der Waals surface area contributed by atoms with Gasteiger partial charge in [0.2, 0.25) is 0 Å². The highest BCUT2D eigenvalue weighted by molar-refractivity contribution is 5.87. The second kappa shape index (κ2) is 14.1. The second-order valence-corrected chi connectivity index (χ2v) is 10.2. The lowest BCUT2D eigenvalue weighted by Crippen LogP contribution is -2.25. The molecule has 0 aliphatic rings. The lowest BCUT2D eigenvalue weighted by atomic mass is 10.1. The summed E-state index contributed by atoms with van der Waals surface area (Å²) in [6, 6.07) is 7.41. The van der Waals surface area contributed by atoms with Crippen LogP contribution >= 0.6 is 0 Å². The van der Waals surface area contributed by atoms with Gasteiger partial charge in [-0.1, -0.05) is 0 Å². The molecule has 3 N–H and O–H groups in total. The standard InChI is InChI=1S/C13H17F2NO2.C8H7F2NO2.C7H8F2N2/c1-12(2,3)18-11(17)8-9-5-6-16-10(7-9)13(4,14)15;1-8(9,10)6-4-5(7(12)13)2-3-11-6;1-7(8,9)6-4-5(10)2-3-11-6/h5-7H,8H2,1-4H3;2-4H,1H3,(H,12,13);2-4H,1H3,(H2,10,11). The van der Waals surface area contributed by atoms with Gasteiger partial charge in [-0.15, -0.1) is 0 Å². The maximum atomic E-state index is 13.1. The molecule has 0 atom stereocenters. The van der Waals surface area contributed by atoms with Crippen molar-refractivity contribution in [2.45, 2.75) is 71.3 Å². The Kier molecular flexibility index (Phi) is 12.0. The molecular formula is C28H32F6N4O4. The molecule has 0 saturated carbocycles. The van der Waals surface area contributed by atoms with Crippen LogP contribution in [0.15, 0.2) is 55.0 Å². The van der Waals surface area contributed by atoms with Gasteiger partial charge < -0.3 is 15.6 Å². The number of esters is 1. The molecule has 0 bridgehead atoms. The number of hydrogen-bond acceptors (Lipinski definition) is 7. The molecule has 3 aromatic heterocycles. The average Bonchev–Trinajstić information content (AvgIpc) is 2.82. The molecule has 0 aromatic carbocycles. The van der Waals surface area contributed by atoms with E-state index in [0.29, 0.717) is 18.2 Å². The third kappa shape index (κ3) is 13.4. The third-order valence-electron chi connectivity index (χ3n) is 4.73. The summed E-state index contributed by atoms with van der Waals surface area (Å²) in [5, 5.41) is 8.50. The number of pyridine rings is 3. The fraction of sp³-hybridized carbons (Fsp3) is 0.393. The summed E-state index contributed by atoms with van der Waals surface area (Å²) in [4.78, 5) is 32.4. The Hall–Kier alpha value is -4.23. The topological polar surface area (TPSA) is 128 Å². The number of carbonyl (C=O) groups is 2. The molecule has 3 heterocycles. The van der Waals surface area contributed by atoms with E-state index >= 15 is 0 Å². The van der Waals surface area contributed by atoms with Gasteiger partial charge in [-0.25, -0.2) is 4.79 Å². The minimum Gasteiger partial charge on any atom is -0.478 e. The Morgan fingerprint density at radius 2 is 1.17 bits per heavy atom. The first-order valence-corrected chi connectivity index (χ1v) is 12.2. The number of nitrogens with two attached hydrogens (primary N) is 1. The summed E-state index contributed by atoms with van der Waals surface area (Å²) in [5.41, 5.74) is 4.11. The number of carboxylic acids is 1. The van der Waals surface area contributed by atoms with E-state index in [-0.39, 0.29) is 23.4 Å². The molecule has 0 aliphatic carbocycles. The minimum absolute atomic E-state index is 0.0388. The fourth-order valence-corrected chi connectivity index (χ4v) is 2.86. The molecule has 3 rings (SSSR count). The number of nitrogens with zero attached hydrogens (tertiary/aromatic N) is 3. The van der Waals surface area contributed by atoms with Crippen LogP contribution in [0.1, 0.15) is 74.5 Å². The van der Waals surface area contributed by atoms with E-state index in [2.05, 4.69) is 15.0 Å². The number of aromatic carboxylic acids is 1. The Morgan fingerprint density at radius 1 is 0.738 bits per heavy atom. The molecule has 0 aliphatic heterocycles. The van der Waals surface area contributed by atoms with Crippen molar-refractivity contribution in [3.05, 3.63) is 83.2 Å². The molecule has 0 amide bonds. The summed E-state index contributed by atoms with van der Waals surface area (Å²) >= 11 is 0. The summed E-state index contributed by atoms with van der Waals surface area (Å²) in [6.45, 7) is 7.48. The number of carbonyl (C=O) groups excluding carboxylic acids is 1. The van der Waals surface area contributed by atoms with Crippen molar-refractivity contribution in [1.82, 2.24) is 15.0 Å². The minimum atomic E-state index is -3.11. The van der Waals surface area contributed by atoms with Crippen LogP contribution in [0, 0.1) is 0 Å². The number of aromatic nitrogens is 3. The van der Waals surface area contributed by atoms with Crippen LogP contribution in [0.3, 0.4) is 0 Å². The Labute approximate surface area is 239 Å². The molecule has 230 valence electrons. The SMILES string of the molecule is CC(C)(C)OC(=O)Cc1ccnc(C(C)(F)F)c1.CC(F)(F)c1cc(C(=O)O)ccn1.CC(F)(F)c1cc(N)ccn1. The lowest BCUT2D eigenvalue weighted by molar-refractivity contribution is -0.153. The zero-order valence-corrected chi connectivity index (χ0v) is 23.8. The zero-order valence-electron chi connectivity index (χ0n) is 23.8. The number of ether oxygens (including phenoxy) is 1. The van der Waals surface area contributed by atoms with Crippen molar-refractivity contribution in [3.8, 4) is 0 Å². The zero-order chi connectivity index (χ0) is 32.5. The van der Waals surface area contributed by atoms with Gasteiger partial charge in [-0.3, -0.25) is 19.7 Å². The molecule has 3 aromatic rings. The van der Waals surface area contributed by atoms with Gasteiger partial charge in [0, 0.05) is 45.0 Å². The van der Waals surface area contributed by atoms with E-state index in [9.17, 15) is 35.9 Å². The van der Waals surface area contributed by atoms with Gasteiger partial charge in [0.25, 0.3) is 17.8 Å². The van der Waals surface area contributed by atoms with E-state index in [1.54, 1.807) is 20.8 Å². The summed E-state index contributed by atoms with van der Waals surface area (Å²) in [5.74, 6) is -10.7. The van der Waals surface area contributed by atoms with Crippen LogP contribution in [0.25, 0.3) is 0 Å². The van der Waals surface area contributed by atoms with Crippen molar-refractivity contribution in [3.63, 3.8) is 0 Å². The van der Waals surface area contributed by atoms with Crippen LogP contribution in [0.2, 0.25) is 0 Å². The van der Waals surface area contributed by atoms with Crippen LogP contribution < -0.4 is 5.73 Å². The first kappa shape index (κ1) is 35.8. The molecule has 0 spiro atoms. The Bertz CT molecular complexity index is 1350. The molecular weight excluding hydrogens is 570 g/mol. The average molecular weight is 603 g/mol. The van der Waals surface area contributed by atoms with Gasteiger partial charge in [-0.2, -0.15) is 26.3 Å². The van der Waals surface area contributed by atoms with Gasteiger partial charge in [0.15, 0.2) is 0 Å².